The predicted molar refractivity (Wildman–Crippen MR) is 55.2 cm³/mol. The lowest BCUT2D eigenvalue weighted by molar-refractivity contribution is -0.124. The Morgan fingerprint density at radius 3 is 2.75 bits per heavy atom. The number of hydrogen-bond donors (Lipinski definition) is 1. The van der Waals surface area contributed by atoms with Crippen LogP contribution in [0.2, 0.25) is 0 Å². The minimum absolute atomic E-state index is 0.00486. The Morgan fingerprint density at radius 1 is 1.56 bits per heavy atom. The molecule has 1 N–H and O–H groups in total. The highest BCUT2D eigenvalue weighted by molar-refractivity contribution is 7.99. The summed E-state index contributed by atoms with van der Waals surface area (Å²) in [5, 5.41) is 6.93. The van der Waals surface area contributed by atoms with Crippen LogP contribution in [0.1, 0.15) is 6.92 Å². The third kappa shape index (κ3) is 4.84. The van der Waals surface area contributed by atoms with Gasteiger partial charge in [-0.25, -0.2) is 9.67 Å². The van der Waals surface area contributed by atoms with Gasteiger partial charge in [0.05, 0.1) is 6.54 Å². The van der Waals surface area contributed by atoms with Crippen LogP contribution >= 0.6 is 11.8 Å². The molecule has 0 radical (unpaired) electrons. The average Bonchev–Trinajstić information content (AvgIpc) is 2.49. The van der Waals surface area contributed by atoms with Crippen molar-refractivity contribution in [3.05, 3.63) is 6.33 Å². The van der Waals surface area contributed by atoms with E-state index >= 15 is 0 Å². The second-order valence-corrected chi connectivity index (χ2v) is 4.75. The second kappa shape index (κ2) is 5.53. The first-order chi connectivity index (χ1) is 7.38. The Labute approximate surface area is 95.6 Å². The average molecular weight is 254 g/mol. The highest BCUT2D eigenvalue weighted by Crippen LogP contribution is 2.19. The Bertz CT molecular complexity index is 325. The lowest BCUT2D eigenvalue weighted by Gasteiger charge is -2.12. The highest BCUT2D eigenvalue weighted by atomic mass is 32.2. The largest absolute Gasteiger partial charge is 0.401 e. The number of nitrogens with one attached hydrogen (secondary N) is 1. The third-order valence-electron chi connectivity index (χ3n) is 1.73. The molecule has 0 saturated heterocycles. The zero-order chi connectivity index (χ0) is 12.2. The molecule has 0 bridgehead atoms. The molecule has 1 heterocycles. The Morgan fingerprint density at radius 2 is 2.25 bits per heavy atom. The van der Waals surface area contributed by atoms with Crippen LogP contribution in [0.4, 0.5) is 13.2 Å². The number of halogens is 3. The molecule has 0 spiro atoms. The number of aromatic nitrogens is 3. The van der Waals surface area contributed by atoms with Gasteiger partial charge in [-0.05, 0) is 0 Å². The number of aryl methyl sites for hydroxylation is 1. The van der Waals surface area contributed by atoms with Crippen molar-refractivity contribution in [3.63, 3.8) is 0 Å². The molecule has 16 heavy (non-hydrogen) atoms. The van der Waals surface area contributed by atoms with Crippen LogP contribution in [-0.2, 0) is 7.05 Å². The van der Waals surface area contributed by atoms with Crippen molar-refractivity contribution in [1.29, 1.82) is 0 Å². The van der Waals surface area contributed by atoms with Crippen LogP contribution in [0, 0.1) is 0 Å². The first kappa shape index (κ1) is 13.3. The summed E-state index contributed by atoms with van der Waals surface area (Å²) in [5.74, 6) is 0. The second-order valence-electron chi connectivity index (χ2n) is 3.34. The fourth-order valence-electron chi connectivity index (χ4n) is 1.03. The van der Waals surface area contributed by atoms with Crippen LogP contribution in [0.15, 0.2) is 11.5 Å². The molecular formula is C8H13F3N4S. The number of alkyl halides is 3. The number of rotatable bonds is 5. The van der Waals surface area contributed by atoms with Crippen molar-refractivity contribution >= 4 is 11.8 Å². The summed E-state index contributed by atoms with van der Waals surface area (Å²) in [7, 11) is 1.74. The van der Waals surface area contributed by atoms with Gasteiger partial charge in [0.2, 0.25) is 0 Å². The van der Waals surface area contributed by atoms with E-state index in [1.54, 1.807) is 11.7 Å². The SMILES string of the molecule is CC(CNCC(F)(F)F)Sc1ncnn1C. The first-order valence-electron chi connectivity index (χ1n) is 4.66. The van der Waals surface area contributed by atoms with Gasteiger partial charge in [-0.3, -0.25) is 0 Å². The van der Waals surface area contributed by atoms with Crippen molar-refractivity contribution in [2.75, 3.05) is 13.1 Å². The van der Waals surface area contributed by atoms with Crippen LogP contribution in [0.5, 0.6) is 0 Å². The molecule has 4 nitrogen and oxygen atoms in total. The quantitative estimate of drug-likeness (QED) is 0.808. The van der Waals surface area contributed by atoms with Crippen molar-refractivity contribution in [2.24, 2.45) is 7.05 Å². The van der Waals surface area contributed by atoms with Crippen molar-refractivity contribution in [1.82, 2.24) is 20.1 Å². The maximum absolute atomic E-state index is 11.9. The molecule has 1 atom stereocenters. The normalized spacial score (nSPS) is 14.1. The zero-order valence-electron chi connectivity index (χ0n) is 8.95. The molecule has 0 aliphatic carbocycles. The van der Waals surface area contributed by atoms with E-state index in [0.717, 1.165) is 0 Å². The molecule has 0 saturated carbocycles. The molecular weight excluding hydrogens is 241 g/mol. The van der Waals surface area contributed by atoms with Crippen molar-refractivity contribution in [2.45, 2.75) is 23.5 Å². The summed E-state index contributed by atoms with van der Waals surface area (Å²) in [6.45, 7) is 1.15. The maximum Gasteiger partial charge on any atom is 0.401 e. The van der Waals surface area contributed by atoms with Gasteiger partial charge in [-0.15, -0.1) is 0 Å². The molecule has 1 rings (SSSR count). The van der Waals surface area contributed by atoms with Gasteiger partial charge in [-0.1, -0.05) is 18.7 Å². The fourth-order valence-corrected chi connectivity index (χ4v) is 1.90. The number of nitrogens with zero attached hydrogens (tertiary/aromatic N) is 3. The Balaban J connectivity index is 2.26. The van der Waals surface area contributed by atoms with E-state index in [9.17, 15) is 13.2 Å². The molecule has 1 aromatic rings. The van der Waals surface area contributed by atoms with Gasteiger partial charge in [0.15, 0.2) is 5.16 Å². The summed E-state index contributed by atoms with van der Waals surface area (Å²) >= 11 is 1.39. The van der Waals surface area contributed by atoms with Gasteiger partial charge in [-0.2, -0.15) is 18.3 Å². The van der Waals surface area contributed by atoms with Gasteiger partial charge in [0.25, 0.3) is 0 Å². The molecule has 0 aliphatic heterocycles. The maximum atomic E-state index is 11.9. The summed E-state index contributed by atoms with van der Waals surface area (Å²) in [5.41, 5.74) is 0. The predicted octanol–water partition coefficient (Wildman–Crippen LogP) is 1.45. The summed E-state index contributed by atoms with van der Waals surface area (Å²) < 4.78 is 37.1. The molecule has 0 fully saturated rings. The van der Waals surface area contributed by atoms with E-state index in [4.69, 9.17) is 0 Å². The number of thioether (sulfide) groups is 1. The Hall–Kier alpha value is -0.760. The van der Waals surface area contributed by atoms with Crippen molar-refractivity contribution in [3.8, 4) is 0 Å². The summed E-state index contributed by atoms with van der Waals surface area (Å²) in [4.78, 5) is 3.98. The summed E-state index contributed by atoms with van der Waals surface area (Å²) in [6.07, 6.45) is -2.74. The fraction of sp³-hybridized carbons (Fsp3) is 0.750. The zero-order valence-corrected chi connectivity index (χ0v) is 9.77. The molecule has 8 heteroatoms. The molecule has 92 valence electrons. The summed E-state index contributed by atoms with van der Waals surface area (Å²) in [6, 6.07) is 0. The van der Waals surface area contributed by atoms with Crippen LogP contribution in [0.25, 0.3) is 0 Å². The van der Waals surface area contributed by atoms with Crippen LogP contribution in [-0.4, -0.2) is 39.3 Å². The molecule has 1 unspecified atom stereocenters. The highest BCUT2D eigenvalue weighted by Gasteiger charge is 2.26. The smallest absolute Gasteiger partial charge is 0.308 e. The van der Waals surface area contributed by atoms with E-state index in [2.05, 4.69) is 15.4 Å². The minimum atomic E-state index is -4.16. The van der Waals surface area contributed by atoms with E-state index in [1.165, 1.54) is 18.1 Å². The van der Waals surface area contributed by atoms with E-state index in [0.29, 0.717) is 5.16 Å². The standard InChI is InChI=1S/C8H13F3N4S/c1-6(3-12-4-8(9,10)11)16-7-13-5-14-15(7)2/h5-6,12H,3-4H2,1-2H3. The van der Waals surface area contributed by atoms with Crippen molar-refractivity contribution < 1.29 is 13.2 Å². The topological polar surface area (TPSA) is 42.7 Å². The van der Waals surface area contributed by atoms with Gasteiger partial charge in [0, 0.05) is 18.8 Å². The van der Waals surface area contributed by atoms with E-state index in [-0.39, 0.29) is 11.8 Å². The molecule has 0 amide bonds. The van der Waals surface area contributed by atoms with Crippen LogP contribution in [0.3, 0.4) is 0 Å². The van der Waals surface area contributed by atoms with E-state index in [1.807, 2.05) is 6.92 Å². The first-order valence-corrected chi connectivity index (χ1v) is 5.54. The molecule has 0 aromatic carbocycles. The van der Waals surface area contributed by atoms with Gasteiger partial charge < -0.3 is 5.32 Å². The Kier molecular flexibility index (Phi) is 4.60. The third-order valence-corrected chi connectivity index (χ3v) is 2.88. The van der Waals surface area contributed by atoms with Gasteiger partial charge in [0.1, 0.15) is 6.33 Å². The number of hydrogen-bond acceptors (Lipinski definition) is 4. The molecule has 1 aromatic heterocycles. The van der Waals surface area contributed by atoms with E-state index < -0.39 is 12.7 Å². The van der Waals surface area contributed by atoms with Crippen LogP contribution < -0.4 is 5.32 Å². The minimum Gasteiger partial charge on any atom is -0.308 e. The van der Waals surface area contributed by atoms with Gasteiger partial charge >= 0.3 is 6.18 Å². The lowest BCUT2D eigenvalue weighted by atomic mass is 10.4. The monoisotopic (exact) mass is 254 g/mol. The molecule has 0 aliphatic rings. The lowest BCUT2D eigenvalue weighted by Crippen LogP contribution is -2.32.